The average molecular weight is 624 g/mol. The van der Waals surface area contributed by atoms with E-state index in [9.17, 15) is 10.1 Å². The van der Waals surface area contributed by atoms with Crippen LogP contribution >= 0.6 is 50.9 Å². The summed E-state index contributed by atoms with van der Waals surface area (Å²) < 4.78 is 14.0. The number of methoxy groups -OCH3 is 1. The lowest BCUT2D eigenvalue weighted by molar-refractivity contribution is -0.479. The van der Waals surface area contributed by atoms with E-state index in [0.29, 0.717) is 42.6 Å². The van der Waals surface area contributed by atoms with E-state index in [2.05, 4.69) is 26.1 Å². The predicted molar refractivity (Wildman–Crippen MR) is 148 cm³/mol. The molecule has 4 aromatic rings. The van der Waals surface area contributed by atoms with Crippen molar-refractivity contribution in [3.05, 3.63) is 102 Å². The largest absolute Gasteiger partial charge is 0.493 e. The third-order valence-electron chi connectivity index (χ3n) is 5.40. The van der Waals surface area contributed by atoms with Gasteiger partial charge in [0, 0.05) is 26.2 Å². The van der Waals surface area contributed by atoms with Crippen LogP contribution < -0.4 is 9.47 Å². The lowest BCUT2D eigenvalue weighted by atomic mass is 10.1. The van der Waals surface area contributed by atoms with Gasteiger partial charge in [-0.25, -0.2) is 0 Å². The van der Waals surface area contributed by atoms with Crippen LogP contribution in [-0.4, -0.2) is 33.3 Å². The Hall–Kier alpha value is -2.79. The van der Waals surface area contributed by atoms with Crippen molar-refractivity contribution in [2.24, 2.45) is 0 Å². The highest BCUT2D eigenvalue weighted by Gasteiger charge is 2.26. The van der Waals surface area contributed by atoms with E-state index in [0.717, 1.165) is 11.3 Å². The molecular formula is C25H21BrCl2N4O4S. The van der Waals surface area contributed by atoms with Gasteiger partial charge in [0.25, 0.3) is 0 Å². The number of thioether (sulfide) groups is 1. The topological polar surface area (TPSA) is 92.3 Å². The maximum absolute atomic E-state index is 11.6. The second-order valence-electron chi connectivity index (χ2n) is 7.88. The van der Waals surface area contributed by atoms with E-state index >= 15 is 0 Å². The van der Waals surface area contributed by atoms with Gasteiger partial charge in [-0.2, -0.15) is 0 Å². The SMILES string of the molecule is COc1cc([C@H](C[N+](=O)[O-])Sc2nnc(C)n2-c2ccc(Cl)cc2)cc(Br)c1OCc1ccccc1Cl. The number of rotatable bonds is 10. The zero-order valence-electron chi connectivity index (χ0n) is 19.7. The van der Waals surface area contributed by atoms with Gasteiger partial charge in [0.05, 0.1) is 11.6 Å². The molecule has 0 amide bonds. The van der Waals surface area contributed by atoms with Crippen LogP contribution in [0.1, 0.15) is 22.2 Å². The van der Waals surface area contributed by atoms with E-state index in [1.807, 2.05) is 41.8 Å². The molecule has 0 fully saturated rings. The average Bonchev–Trinajstić information content (AvgIpc) is 3.23. The molecule has 0 aliphatic carbocycles. The summed E-state index contributed by atoms with van der Waals surface area (Å²) in [7, 11) is 1.52. The van der Waals surface area contributed by atoms with Crippen LogP contribution in [0.15, 0.2) is 70.3 Å². The first-order valence-corrected chi connectivity index (χ1v) is 13.4. The highest BCUT2D eigenvalue weighted by atomic mass is 79.9. The molecule has 192 valence electrons. The van der Waals surface area contributed by atoms with Gasteiger partial charge in [-0.05, 0) is 70.9 Å². The third kappa shape index (κ3) is 6.56. The molecule has 0 aliphatic rings. The Kier molecular flexibility index (Phi) is 8.96. The minimum absolute atomic E-state index is 0.227. The standard InChI is InChI=1S/C25H21BrCl2N4O4S/c1-15-29-30-25(32(15)19-9-7-18(27)8-10-19)37-23(13-31(33)34)17-11-20(26)24(22(12-17)35-2)36-14-16-5-3-4-6-21(16)28/h3-12,23H,13-14H2,1-2H3/t23-/m0/s1. The summed E-state index contributed by atoms with van der Waals surface area (Å²) in [5.74, 6) is 1.55. The van der Waals surface area contributed by atoms with Gasteiger partial charge in [0.15, 0.2) is 16.7 Å². The van der Waals surface area contributed by atoms with Crippen molar-refractivity contribution in [3.63, 3.8) is 0 Å². The molecule has 3 aromatic carbocycles. The number of nitrogens with zero attached hydrogens (tertiary/aromatic N) is 4. The molecule has 12 heteroatoms. The minimum Gasteiger partial charge on any atom is -0.493 e. The molecule has 4 rings (SSSR count). The van der Waals surface area contributed by atoms with Gasteiger partial charge in [-0.1, -0.05) is 53.2 Å². The van der Waals surface area contributed by atoms with Crippen LogP contribution in [0, 0.1) is 17.0 Å². The van der Waals surface area contributed by atoms with Crippen LogP contribution in [0.3, 0.4) is 0 Å². The quantitative estimate of drug-likeness (QED) is 0.104. The monoisotopic (exact) mass is 622 g/mol. The first-order chi connectivity index (χ1) is 17.8. The Morgan fingerprint density at radius 2 is 1.86 bits per heavy atom. The molecule has 0 saturated carbocycles. The number of hydrogen-bond donors (Lipinski definition) is 0. The Bertz CT molecular complexity index is 1420. The molecule has 1 aromatic heterocycles. The second kappa shape index (κ2) is 12.2. The summed E-state index contributed by atoms with van der Waals surface area (Å²) in [6.45, 7) is 1.70. The van der Waals surface area contributed by atoms with Crippen LogP contribution in [0.2, 0.25) is 10.0 Å². The molecule has 0 N–H and O–H groups in total. The molecule has 0 aliphatic heterocycles. The first kappa shape index (κ1) is 27.3. The normalized spacial score (nSPS) is 11.8. The van der Waals surface area contributed by atoms with Gasteiger partial charge in [-0.3, -0.25) is 14.7 Å². The Morgan fingerprint density at radius 3 is 2.54 bits per heavy atom. The molecule has 1 heterocycles. The summed E-state index contributed by atoms with van der Waals surface area (Å²) in [6, 6.07) is 18.1. The zero-order chi connectivity index (χ0) is 26.5. The van der Waals surface area contributed by atoms with Crippen LogP contribution in [0.4, 0.5) is 0 Å². The fourth-order valence-corrected chi connectivity index (χ4v) is 5.66. The number of ether oxygens (including phenoxy) is 2. The maximum Gasteiger partial charge on any atom is 0.220 e. The van der Waals surface area contributed by atoms with E-state index < -0.39 is 5.25 Å². The summed E-state index contributed by atoms with van der Waals surface area (Å²) in [5, 5.41) is 21.2. The van der Waals surface area contributed by atoms with E-state index in [1.165, 1.54) is 18.9 Å². The van der Waals surface area contributed by atoms with E-state index in [4.69, 9.17) is 32.7 Å². The van der Waals surface area contributed by atoms with Crippen LogP contribution in [0.5, 0.6) is 11.5 Å². The van der Waals surface area contributed by atoms with Crippen molar-refractivity contribution >= 4 is 50.9 Å². The van der Waals surface area contributed by atoms with E-state index in [1.54, 1.807) is 30.3 Å². The van der Waals surface area contributed by atoms with Gasteiger partial charge in [-0.15, -0.1) is 10.2 Å². The number of aromatic nitrogens is 3. The Balaban J connectivity index is 1.66. The van der Waals surface area contributed by atoms with Crippen molar-refractivity contribution in [2.75, 3.05) is 13.7 Å². The second-order valence-corrected chi connectivity index (χ2v) is 10.7. The molecule has 0 spiro atoms. The van der Waals surface area contributed by atoms with Crippen molar-refractivity contribution < 1.29 is 14.4 Å². The minimum atomic E-state index is -0.590. The Morgan fingerprint density at radius 1 is 1.14 bits per heavy atom. The smallest absolute Gasteiger partial charge is 0.220 e. The first-order valence-electron chi connectivity index (χ1n) is 11.0. The fourth-order valence-electron chi connectivity index (χ4n) is 3.61. The number of aryl methyl sites for hydroxylation is 1. The highest BCUT2D eigenvalue weighted by molar-refractivity contribution is 9.10. The summed E-state index contributed by atoms with van der Waals surface area (Å²) >= 11 is 17.1. The molecule has 0 radical (unpaired) electrons. The molecule has 8 nitrogen and oxygen atoms in total. The molecular weight excluding hydrogens is 603 g/mol. The number of nitro groups is 1. The number of benzene rings is 3. The number of halogens is 3. The van der Waals surface area contributed by atoms with Gasteiger partial charge < -0.3 is 9.47 Å². The van der Waals surface area contributed by atoms with E-state index in [-0.39, 0.29) is 18.1 Å². The molecule has 0 bridgehead atoms. The third-order valence-corrected chi connectivity index (χ3v) is 7.79. The Labute approximate surface area is 236 Å². The summed E-state index contributed by atoms with van der Waals surface area (Å²) in [5.41, 5.74) is 2.29. The lowest BCUT2D eigenvalue weighted by Gasteiger charge is -2.18. The summed E-state index contributed by atoms with van der Waals surface area (Å²) in [4.78, 5) is 11.3. The van der Waals surface area contributed by atoms with Crippen LogP contribution in [0.25, 0.3) is 5.69 Å². The van der Waals surface area contributed by atoms with Crippen molar-refractivity contribution in [3.8, 4) is 17.2 Å². The van der Waals surface area contributed by atoms with Gasteiger partial charge >= 0.3 is 0 Å². The zero-order valence-corrected chi connectivity index (χ0v) is 23.6. The van der Waals surface area contributed by atoms with Gasteiger partial charge in [0.1, 0.15) is 17.7 Å². The van der Waals surface area contributed by atoms with Crippen molar-refractivity contribution in [1.29, 1.82) is 0 Å². The molecule has 0 saturated heterocycles. The predicted octanol–water partition coefficient (Wildman–Crippen LogP) is 7.34. The maximum atomic E-state index is 11.6. The highest BCUT2D eigenvalue weighted by Crippen LogP contribution is 2.43. The molecule has 0 unspecified atom stereocenters. The fraction of sp³-hybridized carbons (Fsp3) is 0.200. The molecule has 1 atom stereocenters. The molecule has 37 heavy (non-hydrogen) atoms. The summed E-state index contributed by atoms with van der Waals surface area (Å²) in [6.07, 6.45) is 0. The van der Waals surface area contributed by atoms with Gasteiger partial charge in [0.2, 0.25) is 6.54 Å². The number of hydrogen-bond acceptors (Lipinski definition) is 7. The van der Waals surface area contributed by atoms with Crippen LogP contribution in [-0.2, 0) is 6.61 Å². The van der Waals surface area contributed by atoms with Crippen molar-refractivity contribution in [1.82, 2.24) is 14.8 Å². The van der Waals surface area contributed by atoms with Crippen molar-refractivity contribution in [2.45, 2.75) is 23.9 Å². The lowest BCUT2D eigenvalue weighted by Crippen LogP contribution is -2.12.